The van der Waals surface area contributed by atoms with Crippen LogP contribution >= 0.6 is 0 Å². The zero-order valence-corrected chi connectivity index (χ0v) is 16.2. The molecular formula is C6H30B2N6O18. The van der Waals surface area contributed by atoms with E-state index in [0.29, 0.717) is 0 Å². The van der Waals surface area contributed by atoms with Crippen LogP contribution in [0.25, 0.3) is 0 Å². The number of carboxylic acids is 6. The number of carboxylic acid groups (broad SMARTS) is 6. The molecule has 0 radical (unpaired) electrons. The first-order valence-electron chi connectivity index (χ1n) is 4.87. The van der Waals surface area contributed by atoms with E-state index in [1.165, 1.54) is 0 Å². The standard InChI is InChI=1S/3C2H2O4.2BH3O3.6H3N/c3*3-1(4)2(5)6;2*2-1(3)4;;;;;;/h3*(H,3,4)(H,5,6);2*2-4H;6*1H3. The monoisotopic (exact) mass is 496 g/mol. The predicted molar refractivity (Wildman–Crippen MR) is 101 cm³/mol. The van der Waals surface area contributed by atoms with Crippen LogP contribution in [0.2, 0.25) is 0 Å². The Kier molecular flexibility index (Phi) is 101. The first-order valence-corrected chi connectivity index (χ1v) is 4.87. The van der Waals surface area contributed by atoms with Gasteiger partial charge in [0.25, 0.3) is 0 Å². The minimum Gasteiger partial charge on any atom is -0.473 e. The lowest BCUT2D eigenvalue weighted by molar-refractivity contribution is -0.159. The molecule has 0 rings (SSSR count). The molecule has 0 aromatic heterocycles. The average Bonchev–Trinajstić information content (AvgIpc) is 2.38. The molecule has 0 aromatic rings. The Bertz CT molecular complexity index is 372. The highest BCUT2D eigenvalue weighted by molar-refractivity contribution is 6.31. The molecule has 0 aliphatic rings. The molecule has 0 amide bonds. The van der Waals surface area contributed by atoms with Gasteiger partial charge in [0.05, 0.1) is 0 Å². The molecule has 0 aliphatic heterocycles. The van der Waals surface area contributed by atoms with Gasteiger partial charge < -0.3 is 97.7 Å². The minimum absolute atomic E-state index is 0. The van der Waals surface area contributed by atoms with Crippen molar-refractivity contribution in [3.8, 4) is 0 Å². The molecule has 0 fully saturated rings. The van der Waals surface area contributed by atoms with E-state index in [0.717, 1.165) is 0 Å². The van der Waals surface area contributed by atoms with Gasteiger partial charge in [0.15, 0.2) is 0 Å². The van der Waals surface area contributed by atoms with E-state index < -0.39 is 50.5 Å². The molecule has 24 nitrogen and oxygen atoms in total. The second kappa shape index (κ2) is 45.9. The molecule has 0 atom stereocenters. The summed E-state index contributed by atoms with van der Waals surface area (Å²) in [7, 11) is -4.33. The van der Waals surface area contributed by atoms with Gasteiger partial charge in [-0.3, -0.25) is 0 Å². The van der Waals surface area contributed by atoms with Gasteiger partial charge in [-0.1, -0.05) is 0 Å². The SMILES string of the molecule is N.N.N.N.N.N.O=C(O)C(=O)O.O=C(O)C(=O)O.O=C(O)C(=O)O.OB(O)O.OB(O)O. The second-order valence-corrected chi connectivity index (χ2v) is 2.52. The fourth-order valence-corrected chi connectivity index (χ4v) is 0. The van der Waals surface area contributed by atoms with Gasteiger partial charge in [0.1, 0.15) is 0 Å². The lowest BCUT2D eigenvalue weighted by Gasteiger charge is -1.72. The number of hydrogen-bond donors (Lipinski definition) is 18. The van der Waals surface area contributed by atoms with Crippen molar-refractivity contribution in [2.75, 3.05) is 0 Å². The second-order valence-electron chi connectivity index (χ2n) is 2.52. The van der Waals surface area contributed by atoms with Crippen molar-refractivity contribution in [1.82, 2.24) is 36.9 Å². The van der Waals surface area contributed by atoms with Crippen molar-refractivity contribution in [2.45, 2.75) is 0 Å². The number of aliphatic carboxylic acids is 6. The Morgan fingerprint density at radius 1 is 0.312 bits per heavy atom. The Labute approximate surface area is 178 Å². The van der Waals surface area contributed by atoms with Crippen molar-refractivity contribution < 1.29 is 89.6 Å². The van der Waals surface area contributed by atoms with Crippen LogP contribution in [0.4, 0.5) is 0 Å². The van der Waals surface area contributed by atoms with E-state index in [1.54, 1.807) is 0 Å². The molecule has 0 aliphatic carbocycles. The summed E-state index contributed by atoms with van der Waals surface area (Å²) >= 11 is 0. The summed E-state index contributed by atoms with van der Waals surface area (Å²) in [6, 6.07) is 0. The number of hydrogen-bond acceptors (Lipinski definition) is 18. The molecule has 26 heteroatoms. The average molecular weight is 496 g/mol. The molecule has 198 valence electrons. The minimum atomic E-state index is -2.17. The maximum Gasteiger partial charge on any atom is 0.631 e. The van der Waals surface area contributed by atoms with E-state index in [1.807, 2.05) is 0 Å². The van der Waals surface area contributed by atoms with Gasteiger partial charge in [-0.25, -0.2) is 28.8 Å². The summed E-state index contributed by atoms with van der Waals surface area (Å²) in [6.45, 7) is 0. The molecule has 0 unspecified atom stereocenters. The zero-order chi connectivity index (χ0) is 22.6. The Hall–Kier alpha value is -3.53. The smallest absolute Gasteiger partial charge is 0.473 e. The van der Waals surface area contributed by atoms with Gasteiger partial charge in [0.2, 0.25) is 0 Å². The summed E-state index contributed by atoms with van der Waals surface area (Å²) in [5.74, 6) is -10.9. The largest absolute Gasteiger partial charge is 0.631 e. The van der Waals surface area contributed by atoms with Crippen LogP contribution in [0.3, 0.4) is 0 Å². The normalized spacial score (nSPS) is 5.81. The Balaban J connectivity index is -0.0000000185. The van der Waals surface area contributed by atoms with Crippen LogP contribution in [0.15, 0.2) is 0 Å². The van der Waals surface area contributed by atoms with Gasteiger partial charge in [-0.15, -0.1) is 0 Å². The molecular weight excluding hydrogens is 466 g/mol. The summed E-state index contributed by atoms with van der Waals surface area (Å²) in [5.41, 5.74) is 0. The van der Waals surface area contributed by atoms with E-state index in [2.05, 4.69) is 0 Å². The third kappa shape index (κ3) is 239. The molecule has 0 aromatic carbocycles. The van der Waals surface area contributed by atoms with Crippen molar-refractivity contribution in [2.24, 2.45) is 0 Å². The topological polar surface area (TPSA) is 555 Å². The fraction of sp³-hybridized carbons (Fsp3) is 0. The zero-order valence-electron chi connectivity index (χ0n) is 16.2. The summed E-state index contributed by atoms with van der Waals surface area (Å²) in [4.78, 5) is 54.6. The first-order chi connectivity index (χ1) is 11.4. The maximum absolute atomic E-state index is 9.10. The number of carbonyl (C=O) groups is 6. The van der Waals surface area contributed by atoms with Crippen LogP contribution in [0.1, 0.15) is 0 Å². The highest BCUT2D eigenvalue weighted by atomic mass is 16.5. The van der Waals surface area contributed by atoms with Gasteiger partial charge in [-0.2, -0.15) is 0 Å². The number of rotatable bonds is 0. The van der Waals surface area contributed by atoms with Gasteiger partial charge in [0, 0.05) is 0 Å². The third-order valence-electron chi connectivity index (χ3n) is 0.549. The van der Waals surface area contributed by atoms with Gasteiger partial charge >= 0.3 is 50.5 Å². The first kappa shape index (κ1) is 70.4. The molecule has 32 heavy (non-hydrogen) atoms. The van der Waals surface area contributed by atoms with Gasteiger partial charge in [-0.05, 0) is 0 Å². The fourth-order valence-electron chi connectivity index (χ4n) is 0. The van der Waals surface area contributed by atoms with Crippen LogP contribution in [-0.4, -0.2) is 111 Å². The van der Waals surface area contributed by atoms with Crippen molar-refractivity contribution in [3.63, 3.8) is 0 Å². The molecule has 0 saturated heterocycles. The Morgan fingerprint density at radius 3 is 0.344 bits per heavy atom. The summed E-state index contributed by atoms with van der Waals surface area (Å²) in [6.07, 6.45) is 0. The van der Waals surface area contributed by atoms with Crippen molar-refractivity contribution in [3.05, 3.63) is 0 Å². The van der Waals surface area contributed by atoms with E-state index >= 15 is 0 Å². The molecule has 0 spiro atoms. The lowest BCUT2D eigenvalue weighted by atomic mass is 10.3. The highest BCUT2D eigenvalue weighted by Crippen LogP contribution is 1.57. The maximum atomic E-state index is 9.10. The van der Waals surface area contributed by atoms with Crippen LogP contribution in [-0.2, 0) is 28.8 Å². The Morgan fingerprint density at radius 2 is 0.344 bits per heavy atom. The van der Waals surface area contributed by atoms with Crippen molar-refractivity contribution in [1.29, 1.82) is 0 Å². The lowest BCUT2D eigenvalue weighted by Crippen LogP contribution is -2.09. The molecule has 30 N–H and O–H groups in total. The van der Waals surface area contributed by atoms with Crippen LogP contribution < -0.4 is 36.9 Å². The quantitative estimate of drug-likeness (QED) is 0.110. The van der Waals surface area contributed by atoms with Crippen LogP contribution in [0, 0.1) is 0 Å². The summed E-state index contributed by atoms with van der Waals surface area (Å²) in [5, 5.41) is 87.3. The third-order valence-corrected chi connectivity index (χ3v) is 0.549. The van der Waals surface area contributed by atoms with E-state index in [9.17, 15) is 0 Å². The van der Waals surface area contributed by atoms with Crippen LogP contribution in [0.5, 0.6) is 0 Å². The van der Waals surface area contributed by atoms with Crippen molar-refractivity contribution >= 4 is 50.5 Å². The summed E-state index contributed by atoms with van der Waals surface area (Å²) < 4.78 is 0. The molecule has 0 saturated carbocycles. The molecule has 0 heterocycles. The molecule has 0 bridgehead atoms. The van der Waals surface area contributed by atoms with E-state index in [4.69, 9.17) is 89.6 Å². The van der Waals surface area contributed by atoms with E-state index in [-0.39, 0.29) is 36.9 Å². The highest BCUT2D eigenvalue weighted by Gasteiger charge is 2.05. The predicted octanol–water partition coefficient (Wildman–Crippen LogP) is -5.66.